The fourth-order valence-electron chi connectivity index (χ4n) is 2.62. The van der Waals surface area contributed by atoms with Crippen molar-refractivity contribution in [2.75, 3.05) is 29.0 Å². The Morgan fingerprint density at radius 2 is 1.92 bits per heavy atom. The fraction of sp³-hybridized carbons (Fsp3) is 0.222. The first kappa shape index (κ1) is 17.6. The Hall–Kier alpha value is -2.18. The van der Waals surface area contributed by atoms with Gasteiger partial charge in [0, 0.05) is 11.4 Å². The van der Waals surface area contributed by atoms with E-state index in [2.05, 4.69) is 5.32 Å². The molecule has 2 aromatic rings. The number of thioether (sulfide) groups is 1. The largest absolute Gasteiger partial charge is 0.497 e. The van der Waals surface area contributed by atoms with E-state index >= 15 is 0 Å². The van der Waals surface area contributed by atoms with Crippen molar-refractivity contribution in [3.05, 3.63) is 54.1 Å². The van der Waals surface area contributed by atoms with Crippen LogP contribution in [0.15, 0.2) is 48.5 Å². The predicted molar refractivity (Wildman–Crippen MR) is 101 cm³/mol. The van der Waals surface area contributed by atoms with Gasteiger partial charge in [-0.3, -0.25) is 14.5 Å². The first-order chi connectivity index (χ1) is 12.1. The topological polar surface area (TPSA) is 58.6 Å². The van der Waals surface area contributed by atoms with Crippen LogP contribution in [0.1, 0.15) is 10.9 Å². The van der Waals surface area contributed by atoms with Crippen LogP contribution >= 0.6 is 23.4 Å². The van der Waals surface area contributed by atoms with Crippen LogP contribution in [-0.4, -0.2) is 30.6 Å². The molecule has 3 rings (SSSR count). The van der Waals surface area contributed by atoms with Gasteiger partial charge in [-0.05, 0) is 42.0 Å². The number of carbonyl (C=O) groups is 2. The number of rotatable bonds is 5. The van der Waals surface area contributed by atoms with E-state index in [1.165, 1.54) is 0 Å². The zero-order chi connectivity index (χ0) is 17.8. The van der Waals surface area contributed by atoms with Crippen LogP contribution in [0, 0.1) is 0 Å². The van der Waals surface area contributed by atoms with Gasteiger partial charge >= 0.3 is 0 Å². The van der Waals surface area contributed by atoms with Crippen molar-refractivity contribution in [1.82, 2.24) is 0 Å². The number of ether oxygens (including phenoxy) is 1. The lowest BCUT2D eigenvalue weighted by molar-refractivity contribution is -0.116. The van der Waals surface area contributed by atoms with Gasteiger partial charge in [-0.25, -0.2) is 0 Å². The van der Waals surface area contributed by atoms with Crippen LogP contribution in [0.2, 0.25) is 0 Å². The molecular formula is C18H17ClN2O3S. The normalized spacial score (nSPS) is 16.8. The number of methoxy groups -OCH3 is 1. The van der Waals surface area contributed by atoms with Crippen LogP contribution in [0.4, 0.5) is 11.4 Å². The molecule has 0 spiro atoms. The van der Waals surface area contributed by atoms with E-state index in [0.717, 1.165) is 17.0 Å². The van der Waals surface area contributed by atoms with Crippen molar-refractivity contribution in [1.29, 1.82) is 0 Å². The molecule has 0 radical (unpaired) electrons. The van der Waals surface area contributed by atoms with Gasteiger partial charge in [0.15, 0.2) is 0 Å². The predicted octanol–water partition coefficient (Wildman–Crippen LogP) is 3.65. The zero-order valence-corrected chi connectivity index (χ0v) is 15.1. The van der Waals surface area contributed by atoms with E-state index in [0.29, 0.717) is 11.4 Å². The third-order valence-corrected chi connectivity index (χ3v) is 5.27. The Morgan fingerprint density at radius 1 is 1.24 bits per heavy atom. The highest BCUT2D eigenvalue weighted by molar-refractivity contribution is 8.00. The highest BCUT2D eigenvalue weighted by Gasteiger charge is 2.33. The van der Waals surface area contributed by atoms with E-state index in [1.54, 1.807) is 23.8 Å². The van der Waals surface area contributed by atoms with Crippen LogP contribution in [0.25, 0.3) is 0 Å². The number of hydrogen-bond acceptors (Lipinski definition) is 4. The molecule has 1 N–H and O–H groups in total. The SMILES string of the molecule is COc1ccc(N2C(=O)CSC2c2ccc(NC(=O)CCl)cc2)cc1. The number of alkyl halides is 1. The molecule has 2 aromatic carbocycles. The summed E-state index contributed by atoms with van der Waals surface area (Å²) >= 11 is 7.07. The van der Waals surface area contributed by atoms with Crippen molar-refractivity contribution in [3.8, 4) is 5.75 Å². The fourth-order valence-corrected chi connectivity index (χ4v) is 3.86. The Bertz CT molecular complexity index is 765. The van der Waals surface area contributed by atoms with Gasteiger partial charge in [0.2, 0.25) is 11.8 Å². The maximum atomic E-state index is 12.4. The molecule has 0 aliphatic carbocycles. The van der Waals surface area contributed by atoms with Gasteiger partial charge in [0.1, 0.15) is 17.0 Å². The van der Waals surface area contributed by atoms with Crippen LogP contribution in [-0.2, 0) is 9.59 Å². The van der Waals surface area contributed by atoms with Gasteiger partial charge < -0.3 is 10.1 Å². The number of nitrogens with one attached hydrogen (secondary N) is 1. The van der Waals surface area contributed by atoms with Crippen LogP contribution in [0.3, 0.4) is 0 Å². The Balaban J connectivity index is 1.82. The number of halogens is 1. The molecule has 0 saturated carbocycles. The molecule has 1 unspecified atom stereocenters. The number of benzene rings is 2. The summed E-state index contributed by atoms with van der Waals surface area (Å²) in [5.74, 6) is 0.917. The Labute approximate surface area is 155 Å². The van der Waals surface area contributed by atoms with Crippen LogP contribution in [0.5, 0.6) is 5.75 Å². The third kappa shape index (κ3) is 3.91. The lowest BCUT2D eigenvalue weighted by Gasteiger charge is -2.24. The molecule has 1 aliphatic heterocycles. The number of hydrogen-bond donors (Lipinski definition) is 1. The summed E-state index contributed by atoms with van der Waals surface area (Å²) in [5, 5.41) is 2.60. The first-order valence-electron chi connectivity index (χ1n) is 7.66. The van der Waals surface area contributed by atoms with Crippen molar-refractivity contribution >= 4 is 46.6 Å². The molecule has 1 heterocycles. The molecule has 1 atom stereocenters. The second kappa shape index (κ2) is 7.80. The monoisotopic (exact) mass is 376 g/mol. The summed E-state index contributed by atoms with van der Waals surface area (Å²) in [6, 6.07) is 14.9. The van der Waals surface area contributed by atoms with Gasteiger partial charge in [0.05, 0.1) is 12.9 Å². The minimum absolute atomic E-state index is 0.0692. The van der Waals surface area contributed by atoms with E-state index in [-0.39, 0.29) is 23.1 Å². The number of carbonyl (C=O) groups excluding carboxylic acids is 2. The minimum Gasteiger partial charge on any atom is -0.497 e. The van der Waals surface area contributed by atoms with Gasteiger partial charge in [-0.15, -0.1) is 23.4 Å². The minimum atomic E-state index is -0.250. The molecule has 1 fully saturated rings. The third-order valence-electron chi connectivity index (χ3n) is 3.82. The summed E-state index contributed by atoms with van der Waals surface area (Å²) in [6.07, 6.45) is 0. The molecule has 0 aromatic heterocycles. The smallest absolute Gasteiger partial charge is 0.239 e. The van der Waals surface area contributed by atoms with Crippen molar-refractivity contribution in [2.45, 2.75) is 5.37 Å². The lowest BCUT2D eigenvalue weighted by atomic mass is 10.1. The quantitative estimate of drug-likeness (QED) is 0.809. The summed E-state index contributed by atoms with van der Waals surface area (Å²) < 4.78 is 5.17. The standard InChI is InChI=1S/C18H17ClN2O3S/c1-24-15-8-6-14(7-9-15)21-17(23)11-25-18(21)12-2-4-13(5-3-12)20-16(22)10-19/h2-9,18H,10-11H2,1H3,(H,20,22). The van der Waals surface area contributed by atoms with Crippen LogP contribution < -0.4 is 15.0 Å². The summed E-state index contributed by atoms with van der Waals surface area (Å²) in [6.45, 7) is 0. The Morgan fingerprint density at radius 3 is 2.52 bits per heavy atom. The zero-order valence-electron chi connectivity index (χ0n) is 13.6. The average molecular weight is 377 g/mol. The highest BCUT2D eigenvalue weighted by atomic mass is 35.5. The second-order valence-electron chi connectivity index (χ2n) is 5.43. The number of anilines is 2. The first-order valence-corrected chi connectivity index (χ1v) is 9.24. The molecule has 5 nitrogen and oxygen atoms in total. The summed E-state index contributed by atoms with van der Waals surface area (Å²) in [4.78, 5) is 25.5. The summed E-state index contributed by atoms with van der Waals surface area (Å²) in [7, 11) is 1.61. The van der Waals surface area contributed by atoms with Crippen molar-refractivity contribution in [2.24, 2.45) is 0 Å². The average Bonchev–Trinajstić information content (AvgIpc) is 3.04. The van der Waals surface area contributed by atoms with Gasteiger partial charge in [-0.2, -0.15) is 0 Å². The van der Waals surface area contributed by atoms with E-state index in [9.17, 15) is 9.59 Å². The van der Waals surface area contributed by atoms with Gasteiger partial charge in [0.25, 0.3) is 0 Å². The summed E-state index contributed by atoms with van der Waals surface area (Å²) in [5.41, 5.74) is 2.51. The van der Waals surface area contributed by atoms with Crippen molar-refractivity contribution in [3.63, 3.8) is 0 Å². The lowest BCUT2D eigenvalue weighted by Crippen LogP contribution is -2.27. The van der Waals surface area contributed by atoms with Gasteiger partial charge in [-0.1, -0.05) is 12.1 Å². The highest BCUT2D eigenvalue weighted by Crippen LogP contribution is 2.42. The molecule has 130 valence electrons. The second-order valence-corrected chi connectivity index (χ2v) is 6.76. The molecule has 2 amide bonds. The molecular weight excluding hydrogens is 360 g/mol. The molecule has 1 saturated heterocycles. The maximum Gasteiger partial charge on any atom is 0.239 e. The van der Waals surface area contributed by atoms with E-state index in [4.69, 9.17) is 16.3 Å². The Kier molecular flexibility index (Phi) is 5.50. The molecule has 1 aliphatic rings. The number of nitrogens with zero attached hydrogens (tertiary/aromatic N) is 1. The number of amides is 2. The molecule has 0 bridgehead atoms. The molecule has 7 heteroatoms. The molecule has 25 heavy (non-hydrogen) atoms. The van der Waals surface area contributed by atoms with E-state index in [1.807, 2.05) is 48.5 Å². The maximum absolute atomic E-state index is 12.4. The van der Waals surface area contributed by atoms with E-state index < -0.39 is 0 Å². The van der Waals surface area contributed by atoms with Crippen molar-refractivity contribution < 1.29 is 14.3 Å².